The van der Waals surface area contributed by atoms with Crippen molar-refractivity contribution in [1.82, 2.24) is 10.2 Å². The first-order valence-corrected chi connectivity index (χ1v) is 12.6. The lowest BCUT2D eigenvalue weighted by Crippen LogP contribution is -2.53. The fourth-order valence-corrected chi connectivity index (χ4v) is 4.71. The SMILES string of the molecule is O=C(NC1CCCC1)C(Cc1ccccc1)N(Cc1ccccc1Cl)C(=O)COc1ccccc1F. The molecule has 3 aromatic carbocycles. The first-order chi connectivity index (χ1) is 17.5. The number of halogens is 2. The quantitative estimate of drug-likeness (QED) is 0.390. The minimum Gasteiger partial charge on any atom is -0.481 e. The van der Waals surface area contributed by atoms with Crippen LogP contribution in [0.3, 0.4) is 0 Å². The van der Waals surface area contributed by atoms with Gasteiger partial charge in [-0.3, -0.25) is 9.59 Å². The lowest BCUT2D eigenvalue weighted by atomic mass is 10.0. The average Bonchev–Trinajstić information content (AvgIpc) is 3.40. The second-order valence-electron chi connectivity index (χ2n) is 9.03. The molecule has 7 heteroatoms. The Morgan fingerprint density at radius 2 is 1.64 bits per heavy atom. The highest BCUT2D eigenvalue weighted by molar-refractivity contribution is 6.31. The van der Waals surface area contributed by atoms with Crippen molar-refractivity contribution in [2.24, 2.45) is 0 Å². The van der Waals surface area contributed by atoms with E-state index in [0.29, 0.717) is 17.0 Å². The molecule has 1 unspecified atom stereocenters. The molecule has 1 atom stereocenters. The van der Waals surface area contributed by atoms with E-state index < -0.39 is 24.4 Å². The summed E-state index contributed by atoms with van der Waals surface area (Å²) < 4.78 is 19.6. The van der Waals surface area contributed by atoms with Crippen LogP contribution in [0.2, 0.25) is 5.02 Å². The first-order valence-electron chi connectivity index (χ1n) is 12.3. The molecule has 0 bridgehead atoms. The number of carbonyl (C=O) groups excluding carboxylic acids is 2. The van der Waals surface area contributed by atoms with E-state index >= 15 is 0 Å². The number of nitrogens with one attached hydrogen (secondary N) is 1. The summed E-state index contributed by atoms with van der Waals surface area (Å²) in [4.78, 5) is 28.7. The number of para-hydroxylation sites is 1. The Kier molecular flexibility index (Phi) is 8.95. The van der Waals surface area contributed by atoms with E-state index in [9.17, 15) is 14.0 Å². The van der Waals surface area contributed by atoms with Crippen LogP contribution in [0.5, 0.6) is 5.75 Å². The highest BCUT2D eigenvalue weighted by Gasteiger charge is 2.32. The van der Waals surface area contributed by atoms with E-state index in [1.54, 1.807) is 18.2 Å². The maximum atomic E-state index is 14.1. The predicted molar refractivity (Wildman–Crippen MR) is 138 cm³/mol. The maximum Gasteiger partial charge on any atom is 0.261 e. The molecule has 0 spiro atoms. The van der Waals surface area contributed by atoms with Crippen molar-refractivity contribution in [3.63, 3.8) is 0 Å². The Morgan fingerprint density at radius 3 is 2.36 bits per heavy atom. The predicted octanol–water partition coefficient (Wildman–Crippen LogP) is 5.56. The molecule has 1 aliphatic rings. The molecule has 3 aromatic rings. The number of nitrogens with zero attached hydrogens (tertiary/aromatic N) is 1. The van der Waals surface area contributed by atoms with Gasteiger partial charge in [0.25, 0.3) is 5.91 Å². The van der Waals surface area contributed by atoms with Crippen LogP contribution in [-0.4, -0.2) is 35.4 Å². The lowest BCUT2D eigenvalue weighted by Gasteiger charge is -2.32. The summed E-state index contributed by atoms with van der Waals surface area (Å²) in [6, 6.07) is 22.1. The number of carbonyl (C=O) groups is 2. The molecular weight excluding hydrogens is 479 g/mol. The summed E-state index contributed by atoms with van der Waals surface area (Å²) in [5, 5.41) is 3.65. The fourth-order valence-electron chi connectivity index (χ4n) is 4.52. The third-order valence-corrected chi connectivity index (χ3v) is 6.83. The summed E-state index contributed by atoms with van der Waals surface area (Å²) >= 11 is 6.43. The van der Waals surface area contributed by atoms with E-state index in [1.807, 2.05) is 48.5 Å². The van der Waals surface area contributed by atoms with Crippen molar-refractivity contribution in [1.29, 1.82) is 0 Å². The van der Waals surface area contributed by atoms with Gasteiger partial charge in [-0.2, -0.15) is 0 Å². The summed E-state index contributed by atoms with van der Waals surface area (Å²) in [5.74, 6) is -1.21. The number of amides is 2. The third-order valence-electron chi connectivity index (χ3n) is 6.46. The minimum atomic E-state index is -0.791. The van der Waals surface area contributed by atoms with Gasteiger partial charge in [0, 0.05) is 24.0 Å². The maximum absolute atomic E-state index is 14.1. The van der Waals surface area contributed by atoms with E-state index in [1.165, 1.54) is 17.0 Å². The Balaban J connectivity index is 1.63. The molecule has 1 aliphatic carbocycles. The van der Waals surface area contributed by atoms with Crippen molar-refractivity contribution in [3.05, 3.63) is 101 Å². The van der Waals surface area contributed by atoms with Crippen LogP contribution in [0.4, 0.5) is 4.39 Å². The zero-order valence-electron chi connectivity index (χ0n) is 20.0. The zero-order chi connectivity index (χ0) is 25.3. The molecule has 1 fully saturated rings. The zero-order valence-corrected chi connectivity index (χ0v) is 20.8. The van der Waals surface area contributed by atoms with Gasteiger partial charge in [0.15, 0.2) is 18.2 Å². The number of benzene rings is 3. The molecule has 5 nitrogen and oxygen atoms in total. The third kappa shape index (κ3) is 6.85. The van der Waals surface area contributed by atoms with Crippen LogP contribution in [0.25, 0.3) is 0 Å². The Labute approximate surface area is 216 Å². The van der Waals surface area contributed by atoms with Gasteiger partial charge < -0.3 is 15.0 Å². The Morgan fingerprint density at radius 1 is 0.972 bits per heavy atom. The van der Waals surface area contributed by atoms with E-state index in [2.05, 4.69) is 5.32 Å². The van der Waals surface area contributed by atoms with Crippen LogP contribution in [0.1, 0.15) is 36.8 Å². The molecule has 4 rings (SSSR count). The van der Waals surface area contributed by atoms with Gasteiger partial charge in [-0.05, 0) is 42.2 Å². The van der Waals surface area contributed by atoms with E-state index in [-0.39, 0.29) is 24.2 Å². The molecule has 1 saturated carbocycles. The van der Waals surface area contributed by atoms with Crippen molar-refractivity contribution in [2.45, 2.75) is 50.7 Å². The molecule has 0 aliphatic heterocycles. The number of hydrogen-bond donors (Lipinski definition) is 1. The summed E-state index contributed by atoms with van der Waals surface area (Å²) in [6.45, 7) is -0.290. The number of ether oxygens (including phenoxy) is 1. The Hall–Kier alpha value is -3.38. The largest absolute Gasteiger partial charge is 0.481 e. The second kappa shape index (κ2) is 12.5. The lowest BCUT2D eigenvalue weighted by molar-refractivity contribution is -0.143. The molecule has 188 valence electrons. The smallest absolute Gasteiger partial charge is 0.261 e. The van der Waals surface area contributed by atoms with Crippen molar-refractivity contribution in [3.8, 4) is 5.75 Å². The summed E-state index contributed by atoms with van der Waals surface area (Å²) in [7, 11) is 0. The normalized spacial score (nSPS) is 14.3. The standard InChI is InChI=1S/C29H30ClFN2O3/c30-24-15-7-4-12-22(24)19-33(28(34)20-36-27-17-9-8-16-25(27)31)26(18-21-10-2-1-3-11-21)29(35)32-23-13-5-6-14-23/h1-4,7-12,15-17,23,26H,5-6,13-14,18-20H2,(H,32,35). The molecule has 0 heterocycles. The van der Waals surface area contributed by atoms with Crippen LogP contribution in [0, 0.1) is 5.82 Å². The second-order valence-corrected chi connectivity index (χ2v) is 9.43. The first kappa shape index (κ1) is 25.7. The van der Waals surface area contributed by atoms with E-state index in [0.717, 1.165) is 31.2 Å². The van der Waals surface area contributed by atoms with Gasteiger partial charge in [0.2, 0.25) is 5.91 Å². The van der Waals surface area contributed by atoms with Crippen molar-refractivity contribution >= 4 is 23.4 Å². The van der Waals surface area contributed by atoms with Gasteiger partial charge in [-0.1, -0.05) is 85.1 Å². The summed E-state index contributed by atoms with van der Waals surface area (Å²) in [6.07, 6.45) is 4.34. The molecule has 2 amide bonds. The van der Waals surface area contributed by atoms with Crippen LogP contribution < -0.4 is 10.1 Å². The van der Waals surface area contributed by atoms with Gasteiger partial charge in [-0.15, -0.1) is 0 Å². The Bertz CT molecular complexity index is 1170. The van der Waals surface area contributed by atoms with Gasteiger partial charge in [0.05, 0.1) is 0 Å². The molecular formula is C29H30ClFN2O3. The van der Waals surface area contributed by atoms with Crippen molar-refractivity contribution < 1.29 is 18.7 Å². The van der Waals surface area contributed by atoms with Crippen LogP contribution in [0.15, 0.2) is 78.9 Å². The molecule has 0 aromatic heterocycles. The molecule has 1 N–H and O–H groups in total. The van der Waals surface area contributed by atoms with Gasteiger partial charge >= 0.3 is 0 Å². The fraction of sp³-hybridized carbons (Fsp3) is 0.310. The highest BCUT2D eigenvalue weighted by Crippen LogP contribution is 2.23. The van der Waals surface area contributed by atoms with Crippen LogP contribution >= 0.6 is 11.6 Å². The minimum absolute atomic E-state index is 0.0152. The number of hydrogen-bond acceptors (Lipinski definition) is 3. The topological polar surface area (TPSA) is 58.6 Å². The molecule has 36 heavy (non-hydrogen) atoms. The van der Waals surface area contributed by atoms with Crippen molar-refractivity contribution in [2.75, 3.05) is 6.61 Å². The summed E-state index contributed by atoms with van der Waals surface area (Å²) in [5.41, 5.74) is 1.64. The van der Waals surface area contributed by atoms with Gasteiger partial charge in [0.1, 0.15) is 6.04 Å². The number of rotatable bonds is 10. The molecule has 0 saturated heterocycles. The van der Waals surface area contributed by atoms with Crippen LogP contribution in [-0.2, 0) is 22.6 Å². The van der Waals surface area contributed by atoms with E-state index in [4.69, 9.17) is 16.3 Å². The molecule has 0 radical (unpaired) electrons. The monoisotopic (exact) mass is 508 g/mol. The highest BCUT2D eigenvalue weighted by atomic mass is 35.5. The average molecular weight is 509 g/mol. The van der Waals surface area contributed by atoms with Gasteiger partial charge in [-0.25, -0.2) is 4.39 Å².